The number of rotatable bonds is 1. The molecule has 5 nitrogen and oxygen atoms in total. The van der Waals surface area contributed by atoms with E-state index in [2.05, 4.69) is 4.98 Å². The number of hydrogen-bond donors (Lipinski definition) is 1. The van der Waals surface area contributed by atoms with E-state index in [4.69, 9.17) is 10.5 Å². The number of nitrogens with two attached hydrogens (primary N) is 1. The molecule has 0 unspecified atom stereocenters. The van der Waals surface area contributed by atoms with Crippen LogP contribution in [-0.4, -0.2) is 29.6 Å². The van der Waals surface area contributed by atoms with E-state index in [0.717, 1.165) is 31.9 Å². The summed E-state index contributed by atoms with van der Waals surface area (Å²) in [6.07, 6.45) is 4.54. The molecule has 19 heavy (non-hydrogen) atoms. The van der Waals surface area contributed by atoms with Crippen LogP contribution in [-0.2, 0) is 4.79 Å². The highest BCUT2D eigenvalue weighted by molar-refractivity contribution is 5.97. The number of anilines is 1. The molecule has 0 spiro atoms. The average molecular weight is 265 g/mol. The van der Waals surface area contributed by atoms with E-state index in [1.54, 1.807) is 4.90 Å². The Morgan fingerprint density at radius 1 is 1.37 bits per heavy atom. The highest BCUT2D eigenvalue weighted by Gasteiger charge is 2.34. The van der Waals surface area contributed by atoms with Crippen LogP contribution in [0.25, 0.3) is 0 Å². The van der Waals surface area contributed by atoms with Gasteiger partial charge in [0.1, 0.15) is 11.5 Å². The second kappa shape index (κ2) is 4.77. The van der Waals surface area contributed by atoms with E-state index in [1.165, 1.54) is 6.07 Å². The molecule has 6 heteroatoms. The summed E-state index contributed by atoms with van der Waals surface area (Å²) in [5.74, 6) is -0.272. The highest BCUT2D eigenvalue weighted by Crippen LogP contribution is 2.35. The van der Waals surface area contributed by atoms with Crippen molar-refractivity contribution in [1.29, 1.82) is 0 Å². The Balaban J connectivity index is 1.92. The first-order valence-corrected chi connectivity index (χ1v) is 6.51. The number of carbonyl (C=O) groups excluding carboxylic acids is 1. The molecule has 2 N–H and O–H groups in total. The Hall–Kier alpha value is -1.69. The van der Waals surface area contributed by atoms with E-state index >= 15 is 0 Å². The third-order valence-corrected chi connectivity index (χ3v) is 3.77. The van der Waals surface area contributed by atoms with Gasteiger partial charge in [-0.05, 0) is 25.7 Å². The molecule has 1 saturated carbocycles. The van der Waals surface area contributed by atoms with Crippen molar-refractivity contribution in [2.24, 2.45) is 5.73 Å². The summed E-state index contributed by atoms with van der Waals surface area (Å²) < 4.78 is 18.6. The fourth-order valence-electron chi connectivity index (χ4n) is 2.79. The molecule has 1 fully saturated rings. The number of aromatic nitrogens is 1. The number of halogens is 1. The molecular weight excluding hydrogens is 249 g/mol. The van der Waals surface area contributed by atoms with Gasteiger partial charge >= 0.3 is 0 Å². The van der Waals surface area contributed by atoms with Crippen LogP contribution in [0.5, 0.6) is 5.88 Å². The highest BCUT2D eigenvalue weighted by atomic mass is 19.1. The third kappa shape index (κ3) is 2.28. The van der Waals surface area contributed by atoms with Crippen molar-refractivity contribution in [2.45, 2.75) is 37.8 Å². The molecule has 0 atom stereocenters. The topological polar surface area (TPSA) is 68.5 Å². The number of amides is 1. The zero-order valence-corrected chi connectivity index (χ0v) is 10.5. The lowest BCUT2D eigenvalue weighted by molar-refractivity contribution is -0.122. The van der Waals surface area contributed by atoms with Crippen LogP contribution < -0.4 is 15.4 Å². The largest absolute Gasteiger partial charge is 0.466 e. The molecule has 0 aromatic carbocycles. The number of nitrogens with zero attached hydrogens (tertiary/aromatic N) is 2. The molecule has 1 aliphatic heterocycles. The summed E-state index contributed by atoms with van der Waals surface area (Å²) in [5.41, 5.74) is 6.32. The normalized spacial score (nSPS) is 26.8. The molecule has 2 aliphatic rings. The number of pyridine rings is 1. The Bertz CT molecular complexity index is 501. The second-order valence-corrected chi connectivity index (χ2v) is 5.10. The molecule has 0 bridgehead atoms. The lowest BCUT2D eigenvalue weighted by Gasteiger charge is -2.38. The Morgan fingerprint density at radius 2 is 2.11 bits per heavy atom. The molecule has 2 heterocycles. The lowest BCUT2D eigenvalue weighted by atomic mass is 9.90. The van der Waals surface area contributed by atoms with E-state index in [9.17, 15) is 9.18 Å². The van der Waals surface area contributed by atoms with Crippen LogP contribution in [0.4, 0.5) is 10.1 Å². The van der Waals surface area contributed by atoms with Gasteiger partial charge in [0, 0.05) is 18.2 Å². The fraction of sp³-hybridized carbons (Fsp3) is 0.538. The molecule has 3 rings (SSSR count). The predicted molar refractivity (Wildman–Crippen MR) is 67.4 cm³/mol. The molecule has 1 amide bonds. The maximum atomic E-state index is 13.3. The summed E-state index contributed by atoms with van der Waals surface area (Å²) in [7, 11) is 0. The van der Waals surface area contributed by atoms with Gasteiger partial charge in [-0.15, -0.1) is 0 Å². The van der Waals surface area contributed by atoms with Crippen molar-refractivity contribution in [2.75, 3.05) is 11.5 Å². The minimum absolute atomic E-state index is 0.0335. The van der Waals surface area contributed by atoms with Gasteiger partial charge in [-0.2, -0.15) is 0 Å². The van der Waals surface area contributed by atoms with Crippen LogP contribution in [0.1, 0.15) is 25.7 Å². The lowest BCUT2D eigenvalue weighted by Crippen LogP contribution is -2.48. The Labute approximate surface area is 110 Å². The first kappa shape index (κ1) is 12.3. The van der Waals surface area contributed by atoms with E-state index in [0.29, 0.717) is 11.6 Å². The minimum Gasteiger partial charge on any atom is -0.466 e. The molecule has 1 aromatic heterocycles. The number of fused-ring (bicyclic) bond motifs is 1. The summed E-state index contributed by atoms with van der Waals surface area (Å²) in [4.78, 5) is 17.6. The van der Waals surface area contributed by atoms with Crippen LogP contribution in [0.3, 0.4) is 0 Å². The smallest absolute Gasteiger partial charge is 0.265 e. The Kier molecular flexibility index (Phi) is 3.10. The second-order valence-electron chi connectivity index (χ2n) is 5.10. The van der Waals surface area contributed by atoms with Crippen molar-refractivity contribution in [3.8, 4) is 5.88 Å². The summed E-state index contributed by atoms with van der Waals surface area (Å²) in [6, 6.07) is 1.59. The molecule has 0 saturated heterocycles. The molecule has 1 aliphatic carbocycles. The number of carbonyl (C=O) groups is 1. The minimum atomic E-state index is -0.463. The van der Waals surface area contributed by atoms with Gasteiger partial charge in [0.15, 0.2) is 6.61 Å². The van der Waals surface area contributed by atoms with Gasteiger partial charge in [0.05, 0.1) is 6.20 Å². The van der Waals surface area contributed by atoms with Gasteiger partial charge in [0.25, 0.3) is 5.91 Å². The zero-order chi connectivity index (χ0) is 13.4. The first-order valence-electron chi connectivity index (χ1n) is 6.51. The van der Waals surface area contributed by atoms with Gasteiger partial charge in [-0.3, -0.25) is 4.79 Å². The van der Waals surface area contributed by atoms with Crippen LogP contribution in [0.2, 0.25) is 0 Å². The van der Waals surface area contributed by atoms with Crippen LogP contribution in [0.15, 0.2) is 12.3 Å². The van der Waals surface area contributed by atoms with Gasteiger partial charge in [-0.1, -0.05) is 0 Å². The van der Waals surface area contributed by atoms with Crippen molar-refractivity contribution in [3.05, 3.63) is 18.1 Å². The quantitative estimate of drug-likeness (QED) is 0.829. The molecular formula is C13H16FN3O2. The van der Waals surface area contributed by atoms with Crippen molar-refractivity contribution in [1.82, 2.24) is 4.98 Å². The van der Waals surface area contributed by atoms with Crippen molar-refractivity contribution >= 4 is 11.6 Å². The van der Waals surface area contributed by atoms with Crippen molar-refractivity contribution in [3.63, 3.8) is 0 Å². The fourth-order valence-corrected chi connectivity index (χ4v) is 2.79. The maximum absolute atomic E-state index is 13.3. The summed E-state index contributed by atoms with van der Waals surface area (Å²) in [5, 5.41) is 0. The van der Waals surface area contributed by atoms with Gasteiger partial charge in [0.2, 0.25) is 5.88 Å². The standard InChI is InChI=1S/C13H16FN3O2/c14-8-5-11-13(16-6-8)19-7-12(18)17(11)10-3-1-9(15)2-4-10/h5-6,9-10H,1-4,7,15H2/t9-,10-. The molecule has 102 valence electrons. The summed E-state index contributed by atoms with van der Waals surface area (Å²) >= 11 is 0. The zero-order valence-electron chi connectivity index (χ0n) is 10.5. The molecule has 1 aromatic rings. The SMILES string of the molecule is N[C@H]1CC[C@H](N2C(=O)COc3ncc(F)cc32)CC1. The maximum Gasteiger partial charge on any atom is 0.265 e. The van der Waals surface area contributed by atoms with Crippen LogP contribution >= 0.6 is 0 Å². The van der Waals surface area contributed by atoms with E-state index in [1.807, 2.05) is 0 Å². The van der Waals surface area contributed by atoms with Gasteiger partial charge in [-0.25, -0.2) is 9.37 Å². The number of ether oxygens (including phenoxy) is 1. The Morgan fingerprint density at radius 3 is 2.84 bits per heavy atom. The van der Waals surface area contributed by atoms with E-state index in [-0.39, 0.29) is 24.6 Å². The monoisotopic (exact) mass is 265 g/mol. The van der Waals surface area contributed by atoms with Crippen molar-refractivity contribution < 1.29 is 13.9 Å². The van der Waals surface area contributed by atoms with Gasteiger partial charge < -0.3 is 15.4 Å². The number of hydrogen-bond acceptors (Lipinski definition) is 4. The third-order valence-electron chi connectivity index (χ3n) is 3.77. The van der Waals surface area contributed by atoms with E-state index < -0.39 is 5.82 Å². The summed E-state index contributed by atoms with van der Waals surface area (Å²) in [6.45, 7) is -0.0335. The average Bonchev–Trinajstić information content (AvgIpc) is 2.40. The molecule has 0 radical (unpaired) electrons. The van der Waals surface area contributed by atoms with Crippen LogP contribution in [0, 0.1) is 5.82 Å². The first-order chi connectivity index (χ1) is 9.15. The predicted octanol–water partition coefficient (Wildman–Crippen LogP) is 1.22.